The lowest BCUT2D eigenvalue weighted by Gasteiger charge is -2.41. The topological polar surface area (TPSA) is 49.8 Å². The Hall–Kier alpha value is -1.97. The van der Waals surface area contributed by atoms with Crippen molar-refractivity contribution in [1.82, 2.24) is 0 Å². The zero-order chi connectivity index (χ0) is 21.7. The van der Waals surface area contributed by atoms with Crippen molar-refractivity contribution in [2.24, 2.45) is 5.41 Å². The average molecular weight is 425 g/mol. The minimum atomic E-state index is -4.74. The molecule has 2 fully saturated rings. The summed E-state index contributed by atoms with van der Waals surface area (Å²) in [7, 11) is 0. The minimum Gasteiger partial charge on any atom is -0.481 e. The van der Waals surface area contributed by atoms with Gasteiger partial charge in [0.05, 0.1) is 5.41 Å². The van der Waals surface area contributed by atoms with Crippen LogP contribution in [0.25, 0.3) is 0 Å². The molecule has 1 unspecified atom stereocenters. The van der Waals surface area contributed by atoms with Crippen LogP contribution in [0.2, 0.25) is 0 Å². The molecule has 0 radical (unpaired) electrons. The summed E-state index contributed by atoms with van der Waals surface area (Å²) in [5.41, 5.74) is -3.27. The van der Waals surface area contributed by atoms with Crippen molar-refractivity contribution in [1.29, 1.82) is 0 Å². The zero-order valence-corrected chi connectivity index (χ0v) is 15.6. The molecule has 1 heterocycles. The van der Waals surface area contributed by atoms with Crippen LogP contribution in [0.4, 0.5) is 32.0 Å². The highest BCUT2D eigenvalue weighted by Gasteiger charge is 2.60. The molecule has 1 amide bonds. The van der Waals surface area contributed by atoms with E-state index in [1.807, 2.05) is 0 Å². The van der Waals surface area contributed by atoms with E-state index in [1.165, 1.54) is 29.2 Å². The molecule has 1 aromatic carbocycles. The van der Waals surface area contributed by atoms with Gasteiger partial charge in [-0.25, -0.2) is 0 Å². The zero-order valence-electron chi connectivity index (χ0n) is 15.6. The lowest BCUT2D eigenvalue weighted by atomic mass is 9.67. The van der Waals surface area contributed by atoms with E-state index in [9.17, 15) is 36.2 Å². The Kier molecular flexibility index (Phi) is 5.30. The first-order valence-corrected chi connectivity index (χ1v) is 9.22. The van der Waals surface area contributed by atoms with Gasteiger partial charge in [-0.05, 0) is 63.3 Å². The number of nitrogens with zero attached hydrogens (tertiary/aromatic N) is 1. The van der Waals surface area contributed by atoms with Crippen LogP contribution in [-0.4, -0.2) is 41.6 Å². The summed E-state index contributed by atoms with van der Waals surface area (Å²) in [6.07, 6.45) is -12.1. The number of hydrogen-bond donors (Lipinski definition) is 1. The Labute approximate surface area is 163 Å². The van der Waals surface area contributed by atoms with Crippen molar-refractivity contribution in [3.05, 3.63) is 24.3 Å². The van der Waals surface area contributed by atoms with Gasteiger partial charge in [0.25, 0.3) is 0 Å². The van der Waals surface area contributed by atoms with Gasteiger partial charge in [-0.3, -0.25) is 4.79 Å². The van der Waals surface area contributed by atoms with Crippen molar-refractivity contribution >= 4 is 11.6 Å². The number of anilines is 1. The minimum absolute atomic E-state index is 0.00663. The normalized spacial score (nSPS) is 29.4. The first kappa shape index (κ1) is 21.7. The SMILES string of the molecule is CC(Oc1ccc(N2CC[C@]3(CC[C@@](O)(C(F)(F)F)CC3)C2=O)cc1)C(F)(F)F. The fourth-order valence-corrected chi connectivity index (χ4v) is 3.93. The highest BCUT2D eigenvalue weighted by molar-refractivity contribution is 6.00. The van der Waals surface area contributed by atoms with E-state index < -0.39 is 42.3 Å². The van der Waals surface area contributed by atoms with Crippen molar-refractivity contribution in [2.75, 3.05) is 11.4 Å². The summed E-state index contributed by atoms with van der Waals surface area (Å²) >= 11 is 0. The van der Waals surface area contributed by atoms with Gasteiger partial charge in [0.15, 0.2) is 11.7 Å². The van der Waals surface area contributed by atoms with Gasteiger partial charge in [0.1, 0.15) is 5.75 Å². The van der Waals surface area contributed by atoms with Crippen LogP contribution in [0.3, 0.4) is 0 Å². The first-order valence-electron chi connectivity index (χ1n) is 9.22. The van der Waals surface area contributed by atoms with E-state index in [0.717, 1.165) is 6.92 Å². The number of ether oxygens (including phenoxy) is 1. The molecule has 0 aromatic heterocycles. The van der Waals surface area contributed by atoms with Crippen molar-refractivity contribution in [3.63, 3.8) is 0 Å². The van der Waals surface area contributed by atoms with Crippen molar-refractivity contribution in [2.45, 2.75) is 63.1 Å². The van der Waals surface area contributed by atoms with Crippen LogP contribution in [0.5, 0.6) is 5.75 Å². The third-order valence-electron chi connectivity index (χ3n) is 6.00. The Morgan fingerprint density at radius 2 is 1.55 bits per heavy atom. The molecular weight excluding hydrogens is 404 g/mol. The maximum Gasteiger partial charge on any atom is 0.425 e. The number of carbonyl (C=O) groups excluding carboxylic acids is 1. The molecule has 162 valence electrons. The molecule has 1 saturated heterocycles. The lowest BCUT2D eigenvalue weighted by Crippen LogP contribution is -2.51. The van der Waals surface area contributed by atoms with Gasteiger partial charge in [0, 0.05) is 12.2 Å². The molecule has 10 heteroatoms. The van der Waals surface area contributed by atoms with Gasteiger partial charge in [-0.15, -0.1) is 0 Å². The average Bonchev–Trinajstić information content (AvgIpc) is 2.93. The lowest BCUT2D eigenvalue weighted by molar-refractivity contribution is -0.274. The maximum absolute atomic E-state index is 13.0. The number of alkyl halides is 6. The smallest absolute Gasteiger partial charge is 0.425 e. The molecule has 3 rings (SSSR count). The van der Waals surface area contributed by atoms with E-state index in [1.54, 1.807) is 0 Å². The van der Waals surface area contributed by atoms with Gasteiger partial charge in [0.2, 0.25) is 5.91 Å². The van der Waals surface area contributed by atoms with E-state index >= 15 is 0 Å². The van der Waals surface area contributed by atoms with Crippen LogP contribution in [-0.2, 0) is 4.79 Å². The molecule has 1 atom stereocenters. The van der Waals surface area contributed by atoms with Gasteiger partial charge in [-0.1, -0.05) is 0 Å². The second kappa shape index (κ2) is 7.07. The molecule has 29 heavy (non-hydrogen) atoms. The number of carbonyl (C=O) groups is 1. The fourth-order valence-electron chi connectivity index (χ4n) is 3.93. The summed E-state index contributed by atoms with van der Waals surface area (Å²) in [5.74, 6) is -0.327. The molecule has 0 bridgehead atoms. The van der Waals surface area contributed by atoms with Crippen LogP contribution in [0, 0.1) is 5.41 Å². The van der Waals surface area contributed by atoms with Crippen LogP contribution in [0.1, 0.15) is 39.0 Å². The quantitative estimate of drug-likeness (QED) is 0.720. The first-order chi connectivity index (χ1) is 13.3. The van der Waals surface area contributed by atoms with Gasteiger partial charge >= 0.3 is 12.4 Å². The Bertz CT molecular complexity index is 751. The summed E-state index contributed by atoms with van der Waals surface area (Å²) in [4.78, 5) is 14.3. The largest absolute Gasteiger partial charge is 0.481 e. The fraction of sp³-hybridized carbons (Fsp3) is 0.632. The number of hydrogen-bond acceptors (Lipinski definition) is 3. The molecule has 4 nitrogen and oxygen atoms in total. The van der Waals surface area contributed by atoms with Crippen molar-refractivity contribution < 1.29 is 41.0 Å². The molecule has 1 aromatic rings. The summed E-state index contributed by atoms with van der Waals surface area (Å²) in [5, 5.41) is 9.84. The second-order valence-electron chi connectivity index (χ2n) is 7.81. The summed E-state index contributed by atoms with van der Waals surface area (Å²) in [6.45, 7) is 1.18. The second-order valence-corrected chi connectivity index (χ2v) is 7.81. The van der Waals surface area contributed by atoms with Crippen LogP contribution >= 0.6 is 0 Å². The molecule has 1 aliphatic carbocycles. The predicted octanol–water partition coefficient (Wildman–Crippen LogP) is 4.61. The third-order valence-corrected chi connectivity index (χ3v) is 6.00. The number of amides is 1. The standard InChI is InChI=1S/C19H21F6NO3/c1-12(18(20,21)22)29-14-4-2-13(3-5-14)26-11-10-16(15(26)27)6-8-17(28,9-7-16)19(23,24)25/h2-5,12,28H,6-11H2,1H3/t12?,16-,17+. The highest BCUT2D eigenvalue weighted by Crippen LogP contribution is 2.52. The molecule has 1 N–H and O–H groups in total. The summed E-state index contributed by atoms with van der Waals surface area (Å²) < 4.78 is 81.6. The van der Waals surface area contributed by atoms with Gasteiger partial charge in [-0.2, -0.15) is 26.3 Å². The number of rotatable bonds is 3. The van der Waals surface area contributed by atoms with Crippen LogP contribution < -0.4 is 9.64 Å². The predicted molar refractivity (Wildman–Crippen MR) is 91.5 cm³/mol. The van der Waals surface area contributed by atoms with Crippen molar-refractivity contribution in [3.8, 4) is 5.75 Å². The molecular formula is C19H21F6NO3. The van der Waals surface area contributed by atoms with E-state index in [0.29, 0.717) is 18.7 Å². The molecule has 1 spiro atoms. The summed E-state index contributed by atoms with van der Waals surface area (Å²) in [6, 6.07) is 5.53. The Morgan fingerprint density at radius 1 is 1.00 bits per heavy atom. The molecule has 1 aliphatic heterocycles. The van der Waals surface area contributed by atoms with E-state index in [-0.39, 0.29) is 24.5 Å². The third kappa shape index (κ3) is 4.04. The van der Waals surface area contributed by atoms with Crippen LogP contribution in [0.15, 0.2) is 24.3 Å². The van der Waals surface area contributed by atoms with Gasteiger partial charge < -0.3 is 14.7 Å². The number of halogens is 6. The molecule has 2 aliphatic rings. The number of aliphatic hydroxyl groups is 1. The Morgan fingerprint density at radius 3 is 2.03 bits per heavy atom. The monoisotopic (exact) mass is 425 g/mol. The maximum atomic E-state index is 13.0. The molecule has 1 saturated carbocycles. The van der Waals surface area contributed by atoms with E-state index in [4.69, 9.17) is 4.74 Å². The van der Waals surface area contributed by atoms with E-state index in [2.05, 4.69) is 0 Å². The number of benzene rings is 1. The Balaban J connectivity index is 1.68. The highest BCUT2D eigenvalue weighted by atomic mass is 19.4.